The van der Waals surface area contributed by atoms with E-state index in [0.29, 0.717) is 5.92 Å². The number of allylic oxidation sites excluding steroid dienone is 4. The zero-order chi connectivity index (χ0) is 29.5. The predicted molar refractivity (Wildman–Crippen MR) is 182 cm³/mol. The minimum absolute atomic E-state index is 0. The third kappa shape index (κ3) is 12.0. The van der Waals surface area contributed by atoms with Crippen LogP contribution in [-0.2, 0) is 21.7 Å². The van der Waals surface area contributed by atoms with E-state index in [0.717, 1.165) is 16.7 Å². The molecule has 0 saturated heterocycles. The van der Waals surface area contributed by atoms with Crippen LogP contribution in [0.5, 0.6) is 0 Å². The second kappa shape index (κ2) is 18.4. The summed E-state index contributed by atoms with van der Waals surface area (Å²) in [5.74, 6) is 0.618. The van der Waals surface area contributed by atoms with Crippen LogP contribution in [0.4, 0.5) is 0 Å². The number of rotatable bonds is 3. The van der Waals surface area contributed by atoms with Crippen molar-refractivity contribution < 1.29 is 21.7 Å². The van der Waals surface area contributed by atoms with E-state index < -0.39 is 8.07 Å². The maximum absolute atomic E-state index is 3.80. The molecule has 2 heteroatoms. The molecule has 0 spiro atoms. The molecule has 0 radical (unpaired) electrons. The Morgan fingerprint density at radius 2 is 1.00 bits per heavy atom. The van der Waals surface area contributed by atoms with Gasteiger partial charge in [-0.15, -0.1) is 36.4 Å². The van der Waals surface area contributed by atoms with Crippen LogP contribution < -0.4 is 5.19 Å². The molecule has 4 aromatic carbocycles. The van der Waals surface area contributed by atoms with Gasteiger partial charge in [0.05, 0.1) is 8.07 Å². The molecule has 0 N–H and O–H groups in total. The largest absolute Gasteiger partial charge is 4.00 e. The molecule has 6 rings (SSSR count). The van der Waals surface area contributed by atoms with E-state index in [-0.39, 0.29) is 21.7 Å². The molecular formula is C40H46SiTi. The summed E-state index contributed by atoms with van der Waals surface area (Å²) >= 11 is 0. The summed E-state index contributed by atoms with van der Waals surface area (Å²) in [5, 5.41) is 1.59. The standard InChI is InChI=1S/C19H25Si.3C7H7.Ti/c1-15-13-16(19-12-8-7-11-18(15)19)14-20(2,3)17-9-5-4-6-10-17;3*1-7-5-3-2-4-6-7;/h4-6,9-10,16H,7-8,11-12,14H2,1-3H3;3*2-6H,1H2;/q4*-1;+4. The van der Waals surface area contributed by atoms with E-state index in [2.05, 4.69) is 77.2 Å². The number of benzene rings is 4. The Morgan fingerprint density at radius 3 is 1.38 bits per heavy atom. The SMILES string of the molecule is CC1=[C-]C(C[Si](C)(C)c2ccccc2)C2=C1CCCC2.[CH2-]c1ccccc1.[CH2-]c1ccccc1.[CH2-]c1ccccc1.[Ti+4]. The first-order chi connectivity index (χ1) is 19.8. The minimum Gasteiger partial charge on any atom is -0.266 e. The summed E-state index contributed by atoms with van der Waals surface area (Å²) in [5.41, 5.74) is 8.08. The topological polar surface area (TPSA) is 0 Å². The van der Waals surface area contributed by atoms with Gasteiger partial charge >= 0.3 is 21.7 Å². The second-order valence-corrected chi connectivity index (χ2v) is 16.2. The van der Waals surface area contributed by atoms with Crippen molar-refractivity contribution in [3.63, 3.8) is 0 Å². The molecule has 2 aliphatic rings. The van der Waals surface area contributed by atoms with Crippen molar-refractivity contribution in [2.75, 3.05) is 0 Å². The van der Waals surface area contributed by atoms with Crippen molar-refractivity contribution in [3.8, 4) is 0 Å². The van der Waals surface area contributed by atoms with Crippen LogP contribution >= 0.6 is 0 Å². The molecule has 1 atom stereocenters. The molecule has 0 heterocycles. The zero-order valence-corrected chi connectivity index (χ0v) is 28.3. The summed E-state index contributed by atoms with van der Waals surface area (Å²) in [6.45, 7) is 18.5. The molecule has 1 unspecified atom stereocenters. The third-order valence-electron chi connectivity index (χ3n) is 7.57. The van der Waals surface area contributed by atoms with Crippen LogP contribution in [0.2, 0.25) is 19.1 Å². The maximum atomic E-state index is 3.80. The van der Waals surface area contributed by atoms with Gasteiger partial charge in [0, 0.05) is 0 Å². The average molecular weight is 603 g/mol. The van der Waals surface area contributed by atoms with Crippen molar-refractivity contribution in [2.24, 2.45) is 5.92 Å². The number of hydrogen-bond donors (Lipinski definition) is 0. The molecule has 0 bridgehead atoms. The van der Waals surface area contributed by atoms with Crippen molar-refractivity contribution in [1.82, 2.24) is 0 Å². The summed E-state index contributed by atoms with van der Waals surface area (Å²) in [6, 6.07) is 42.1. The van der Waals surface area contributed by atoms with E-state index in [1.54, 1.807) is 16.3 Å². The van der Waals surface area contributed by atoms with Gasteiger partial charge in [-0.2, -0.15) is 85.0 Å². The molecule has 214 valence electrons. The van der Waals surface area contributed by atoms with E-state index in [1.165, 1.54) is 37.3 Å². The first-order valence-electron chi connectivity index (χ1n) is 14.7. The van der Waals surface area contributed by atoms with Gasteiger partial charge in [-0.1, -0.05) is 105 Å². The molecular weight excluding hydrogens is 556 g/mol. The fourth-order valence-electron chi connectivity index (χ4n) is 5.30. The van der Waals surface area contributed by atoms with Crippen LogP contribution in [0.15, 0.2) is 138 Å². The molecule has 0 nitrogen and oxygen atoms in total. The van der Waals surface area contributed by atoms with Gasteiger partial charge in [0.15, 0.2) is 0 Å². The smallest absolute Gasteiger partial charge is 0.266 e. The minimum atomic E-state index is -1.36. The molecule has 42 heavy (non-hydrogen) atoms. The van der Waals surface area contributed by atoms with Crippen LogP contribution in [0.1, 0.15) is 49.3 Å². The zero-order valence-electron chi connectivity index (χ0n) is 25.8. The Balaban J connectivity index is 0.000000229. The van der Waals surface area contributed by atoms with Gasteiger partial charge in [0.25, 0.3) is 0 Å². The second-order valence-electron chi connectivity index (χ2n) is 11.4. The summed E-state index contributed by atoms with van der Waals surface area (Å²) in [4.78, 5) is 0. The summed E-state index contributed by atoms with van der Waals surface area (Å²) < 4.78 is 0. The first-order valence-corrected chi connectivity index (χ1v) is 18.0. The first kappa shape index (κ1) is 35.1. The Labute approximate surface area is 272 Å². The van der Waals surface area contributed by atoms with Gasteiger partial charge in [0.2, 0.25) is 0 Å². The molecule has 2 aliphatic carbocycles. The average Bonchev–Trinajstić information content (AvgIpc) is 3.30. The van der Waals surface area contributed by atoms with Crippen molar-refractivity contribution in [1.29, 1.82) is 0 Å². The van der Waals surface area contributed by atoms with E-state index in [4.69, 9.17) is 0 Å². The molecule has 0 amide bonds. The molecule has 0 saturated carbocycles. The monoisotopic (exact) mass is 602 g/mol. The molecule has 4 aromatic rings. The quantitative estimate of drug-likeness (QED) is 0.162. The molecule has 0 aliphatic heterocycles. The van der Waals surface area contributed by atoms with Gasteiger partial charge in [-0.3, -0.25) is 6.08 Å². The maximum Gasteiger partial charge on any atom is 4.00 e. The summed E-state index contributed by atoms with van der Waals surface area (Å²) in [6.07, 6.45) is 9.19. The number of hydrogen-bond acceptors (Lipinski definition) is 0. The van der Waals surface area contributed by atoms with Crippen molar-refractivity contribution in [3.05, 3.63) is 182 Å². The Bertz CT molecular complexity index is 1250. The van der Waals surface area contributed by atoms with Crippen LogP contribution in [-0.4, -0.2) is 8.07 Å². The van der Waals surface area contributed by atoms with Gasteiger partial charge < -0.3 is 0 Å². The van der Waals surface area contributed by atoms with E-state index in [1.807, 2.05) is 91.0 Å². The Kier molecular flexibility index (Phi) is 15.4. The van der Waals surface area contributed by atoms with Crippen molar-refractivity contribution in [2.45, 2.75) is 51.7 Å². The van der Waals surface area contributed by atoms with E-state index in [9.17, 15) is 0 Å². The van der Waals surface area contributed by atoms with Gasteiger partial charge in [-0.05, 0) is 6.42 Å². The van der Waals surface area contributed by atoms with Gasteiger partial charge in [0.1, 0.15) is 0 Å². The fraction of sp³-hybridized carbons (Fsp3) is 0.225. The molecule has 0 aromatic heterocycles. The van der Waals surface area contributed by atoms with Gasteiger partial charge in [-0.25, -0.2) is 5.57 Å². The van der Waals surface area contributed by atoms with Crippen molar-refractivity contribution >= 4 is 13.3 Å². The predicted octanol–water partition coefficient (Wildman–Crippen LogP) is 10.5. The normalized spacial score (nSPS) is 15.1. The van der Waals surface area contributed by atoms with Crippen LogP contribution in [0.25, 0.3) is 0 Å². The molecule has 0 fully saturated rings. The Morgan fingerprint density at radius 1 is 0.619 bits per heavy atom. The van der Waals surface area contributed by atoms with Crippen LogP contribution in [0.3, 0.4) is 0 Å². The van der Waals surface area contributed by atoms with E-state index >= 15 is 0 Å². The van der Waals surface area contributed by atoms with Crippen LogP contribution in [0, 0.1) is 32.8 Å². The Hall–Kier alpha value is -3.10. The summed E-state index contributed by atoms with van der Waals surface area (Å²) in [7, 11) is -1.36. The third-order valence-corrected chi connectivity index (χ3v) is 10.9. The fourth-order valence-corrected chi connectivity index (χ4v) is 8.00.